The molecule has 1 amide bonds. The van der Waals surface area contributed by atoms with E-state index >= 15 is 0 Å². The van der Waals surface area contributed by atoms with Crippen LogP contribution in [-0.2, 0) is 11.3 Å². The molecule has 90 valence electrons. The average molecular weight is 239 g/mol. The van der Waals surface area contributed by atoms with Crippen LogP contribution in [0.1, 0.15) is 12.0 Å². The highest BCUT2D eigenvalue weighted by Crippen LogP contribution is 2.13. The van der Waals surface area contributed by atoms with Crippen molar-refractivity contribution in [1.82, 2.24) is 4.57 Å². The number of amides is 1. The summed E-state index contributed by atoms with van der Waals surface area (Å²) < 4.78 is 1.94. The highest BCUT2D eigenvalue weighted by Gasteiger charge is 2.05. The summed E-state index contributed by atoms with van der Waals surface area (Å²) in [6.07, 6.45) is 4.21. The van der Waals surface area contributed by atoms with Gasteiger partial charge in [-0.05, 0) is 24.3 Å². The normalized spacial score (nSPS) is 9.72. The Hall–Kier alpha value is -2.54. The Bertz CT molecular complexity index is 567. The lowest BCUT2D eigenvalue weighted by Gasteiger charge is -2.07. The monoisotopic (exact) mass is 239 g/mol. The van der Waals surface area contributed by atoms with Crippen LogP contribution in [0.15, 0.2) is 48.8 Å². The lowest BCUT2D eigenvalue weighted by atomic mass is 10.2. The highest BCUT2D eigenvalue weighted by atomic mass is 16.1. The molecule has 2 rings (SSSR count). The van der Waals surface area contributed by atoms with Gasteiger partial charge in [0.1, 0.15) is 6.07 Å². The van der Waals surface area contributed by atoms with E-state index in [4.69, 9.17) is 5.26 Å². The fourth-order valence-electron chi connectivity index (χ4n) is 1.65. The van der Waals surface area contributed by atoms with Gasteiger partial charge in [0.15, 0.2) is 0 Å². The van der Waals surface area contributed by atoms with E-state index < -0.39 is 0 Å². The fraction of sp³-hybridized carbons (Fsp3) is 0.143. The smallest absolute Gasteiger partial charge is 0.226 e. The molecule has 0 aliphatic carbocycles. The quantitative estimate of drug-likeness (QED) is 0.890. The number of hydrogen-bond acceptors (Lipinski definition) is 2. The first-order valence-corrected chi connectivity index (χ1v) is 5.69. The maximum Gasteiger partial charge on any atom is 0.226 e. The number of para-hydroxylation sites is 1. The number of nitriles is 1. The predicted molar refractivity (Wildman–Crippen MR) is 68.8 cm³/mol. The topological polar surface area (TPSA) is 57.8 Å². The van der Waals surface area contributed by atoms with Gasteiger partial charge >= 0.3 is 0 Å². The molecule has 0 aliphatic rings. The number of nitrogens with one attached hydrogen (secondary N) is 1. The van der Waals surface area contributed by atoms with E-state index in [-0.39, 0.29) is 5.91 Å². The third-order valence-corrected chi connectivity index (χ3v) is 2.58. The number of aryl methyl sites for hydroxylation is 1. The summed E-state index contributed by atoms with van der Waals surface area (Å²) in [7, 11) is 0. The van der Waals surface area contributed by atoms with Gasteiger partial charge in [-0.25, -0.2) is 0 Å². The van der Waals surface area contributed by atoms with Crippen LogP contribution in [0, 0.1) is 11.3 Å². The highest BCUT2D eigenvalue weighted by molar-refractivity contribution is 5.92. The summed E-state index contributed by atoms with van der Waals surface area (Å²) in [4.78, 5) is 11.7. The molecule has 0 aliphatic heterocycles. The summed E-state index contributed by atoms with van der Waals surface area (Å²) in [5.74, 6) is -0.0913. The molecule has 0 fully saturated rings. The molecule has 0 saturated heterocycles. The molecule has 1 N–H and O–H groups in total. The van der Waals surface area contributed by atoms with Gasteiger partial charge in [-0.2, -0.15) is 5.26 Å². The van der Waals surface area contributed by atoms with E-state index in [9.17, 15) is 4.79 Å². The lowest BCUT2D eigenvalue weighted by molar-refractivity contribution is -0.116. The van der Waals surface area contributed by atoms with Gasteiger partial charge in [0, 0.05) is 25.4 Å². The Morgan fingerprint density at radius 3 is 2.67 bits per heavy atom. The van der Waals surface area contributed by atoms with Crippen LogP contribution >= 0.6 is 0 Å². The van der Waals surface area contributed by atoms with Crippen LogP contribution < -0.4 is 5.32 Å². The third-order valence-electron chi connectivity index (χ3n) is 2.58. The van der Waals surface area contributed by atoms with Gasteiger partial charge in [0.2, 0.25) is 5.91 Å². The molecule has 2 aromatic rings. The number of aromatic nitrogens is 1. The number of rotatable bonds is 4. The van der Waals surface area contributed by atoms with Crippen LogP contribution in [0.25, 0.3) is 0 Å². The van der Waals surface area contributed by atoms with E-state index in [1.807, 2.05) is 29.1 Å². The van der Waals surface area contributed by atoms with Crippen molar-refractivity contribution >= 4 is 11.6 Å². The Morgan fingerprint density at radius 1 is 1.22 bits per heavy atom. The van der Waals surface area contributed by atoms with E-state index in [0.29, 0.717) is 24.2 Å². The second kappa shape index (κ2) is 5.69. The third kappa shape index (κ3) is 2.98. The largest absolute Gasteiger partial charge is 0.354 e. The zero-order valence-corrected chi connectivity index (χ0v) is 9.84. The average Bonchev–Trinajstić information content (AvgIpc) is 2.90. The van der Waals surface area contributed by atoms with E-state index in [1.54, 1.807) is 24.3 Å². The van der Waals surface area contributed by atoms with Gasteiger partial charge in [0.25, 0.3) is 0 Å². The minimum atomic E-state index is -0.0913. The van der Waals surface area contributed by atoms with Crippen molar-refractivity contribution < 1.29 is 4.79 Å². The zero-order valence-electron chi connectivity index (χ0n) is 9.84. The number of benzene rings is 1. The van der Waals surface area contributed by atoms with Crippen molar-refractivity contribution in [2.45, 2.75) is 13.0 Å². The molecule has 0 spiro atoms. The molecule has 0 radical (unpaired) electrons. The zero-order chi connectivity index (χ0) is 12.8. The summed E-state index contributed by atoms with van der Waals surface area (Å²) in [6.45, 7) is 0.632. The SMILES string of the molecule is N#Cc1ccccc1NC(=O)CCn1cccc1. The first-order chi connectivity index (χ1) is 8.79. The van der Waals surface area contributed by atoms with Crippen molar-refractivity contribution in [2.75, 3.05) is 5.32 Å². The van der Waals surface area contributed by atoms with Crippen LogP contribution in [0.5, 0.6) is 0 Å². The number of hydrogen-bond donors (Lipinski definition) is 1. The fourth-order valence-corrected chi connectivity index (χ4v) is 1.65. The van der Waals surface area contributed by atoms with E-state index in [0.717, 1.165) is 0 Å². The van der Waals surface area contributed by atoms with Crippen LogP contribution in [-0.4, -0.2) is 10.5 Å². The molecular formula is C14H13N3O. The molecule has 1 heterocycles. The minimum Gasteiger partial charge on any atom is -0.354 e. The molecule has 0 atom stereocenters. The molecule has 4 heteroatoms. The molecule has 0 unspecified atom stereocenters. The predicted octanol–water partition coefficient (Wildman–Crippen LogP) is 2.39. The first-order valence-electron chi connectivity index (χ1n) is 5.69. The number of carbonyl (C=O) groups excluding carboxylic acids is 1. The van der Waals surface area contributed by atoms with Gasteiger partial charge < -0.3 is 9.88 Å². The molecule has 18 heavy (non-hydrogen) atoms. The van der Waals surface area contributed by atoms with E-state index in [2.05, 4.69) is 11.4 Å². The van der Waals surface area contributed by atoms with Gasteiger partial charge in [0.05, 0.1) is 11.3 Å². The maximum absolute atomic E-state index is 11.7. The second-order valence-electron chi connectivity index (χ2n) is 3.88. The van der Waals surface area contributed by atoms with Gasteiger partial charge in [-0.15, -0.1) is 0 Å². The van der Waals surface area contributed by atoms with Gasteiger partial charge in [-0.3, -0.25) is 4.79 Å². The van der Waals surface area contributed by atoms with Crippen LogP contribution in [0.2, 0.25) is 0 Å². The summed E-state index contributed by atoms with van der Waals surface area (Å²) in [5, 5.41) is 11.7. The van der Waals surface area contributed by atoms with Crippen molar-refractivity contribution in [3.63, 3.8) is 0 Å². The number of carbonyl (C=O) groups is 1. The Kier molecular flexibility index (Phi) is 3.77. The molecule has 4 nitrogen and oxygen atoms in total. The first kappa shape index (κ1) is 11.9. The molecule has 0 bridgehead atoms. The van der Waals surface area contributed by atoms with Crippen LogP contribution in [0.3, 0.4) is 0 Å². The Labute approximate surface area is 105 Å². The van der Waals surface area contributed by atoms with Crippen molar-refractivity contribution in [2.24, 2.45) is 0 Å². The number of anilines is 1. The minimum absolute atomic E-state index is 0.0913. The molecular weight excluding hydrogens is 226 g/mol. The Balaban J connectivity index is 1.93. The Morgan fingerprint density at radius 2 is 1.94 bits per heavy atom. The molecule has 1 aromatic heterocycles. The standard InChI is InChI=1S/C14H13N3O/c15-11-12-5-1-2-6-13(12)16-14(18)7-10-17-8-3-4-9-17/h1-6,8-9H,7,10H2,(H,16,18). The lowest BCUT2D eigenvalue weighted by Crippen LogP contribution is -2.14. The summed E-state index contributed by atoms with van der Waals surface area (Å²) >= 11 is 0. The number of nitrogens with zero attached hydrogens (tertiary/aromatic N) is 2. The van der Waals surface area contributed by atoms with Crippen LogP contribution in [0.4, 0.5) is 5.69 Å². The summed E-state index contributed by atoms with van der Waals surface area (Å²) in [5.41, 5.74) is 1.05. The summed E-state index contributed by atoms with van der Waals surface area (Å²) in [6, 6.07) is 12.9. The van der Waals surface area contributed by atoms with Gasteiger partial charge in [-0.1, -0.05) is 12.1 Å². The van der Waals surface area contributed by atoms with Crippen molar-refractivity contribution in [3.8, 4) is 6.07 Å². The maximum atomic E-state index is 11.7. The van der Waals surface area contributed by atoms with E-state index in [1.165, 1.54) is 0 Å². The van der Waals surface area contributed by atoms with Crippen molar-refractivity contribution in [1.29, 1.82) is 5.26 Å². The molecule has 0 saturated carbocycles. The van der Waals surface area contributed by atoms with Crippen molar-refractivity contribution in [3.05, 3.63) is 54.4 Å². The molecule has 1 aromatic carbocycles. The second-order valence-corrected chi connectivity index (χ2v) is 3.88.